The van der Waals surface area contributed by atoms with Crippen LogP contribution in [0.4, 0.5) is 0 Å². The Bertz CT molecular complexity index is 813. The first-order chi connectivity index (χ1) is 11.6. The minimum atomic E-state index is -1.24. The molecule has 1 atom stereocenters. The lowest BCUT2D eigenvalue weighted by Crippen LogP contribution is -2.50. The first-order valence-corrected chi connectivity index (χ1v) is 7.73. The van der Waals surface area contributed by atoms with Crippen LogP contribution in [-0.2, 0) is 22.5 Å². The standard InChI is InChI=1S/C18H20N4O2/c1-24-17(23)18(21,8-4-9-19)12-14-13-22(11-5-10-20)16-7-3-2-6-15(14)16/h2-3,6-7,13H,4-5,8,11-12,21H2,1H3. The summed E-state index contributed by atoms with van der Waals surface area (Å²) in [6, 6.07) is 12.0. The van der Waals surface area contributed by atoms with Gasteiger partial charge in [-0.05, 0) is 18.1 Å². The predicted molar refractivity (Wildman–Crippen MR) is 89.7 cm³/mol. The van der Waals surface area contributed by atoms with Crippen LogP contribution < -0.4 is 5.73 Å². The average molecular weight is 324 g/mol. The predicted octanol–water partition coefficient (Wildman–Crippen LogP) is 2.27. The van der Waals surface area contributed by atoms with Gasteiger partial charge in [0, 0.05) is 36.5 Å². The maximum absolute atomic E-state index is 12.2. The fraction of sp³-hybridized carbons (Fsp3) is 0.389. The number of carbonyl (C=O) groups is 1. The molecular formula is C18H20N4O2. The van der Waals surface area contributed by atoms with Crippen molar-refractivity contribution in [2.75, 3.05) is 7.11 Å². The molecule has 0 saturated heterocycles. The Morgan fingerprint density at radius 1 is 1.29 bits per heavy atom. The molecule has 0 aliphatic rings. The summed E-state index contributed by atoms with van der Waals surface area (Å²) in [5, 5.41) is 18.6. The van der Waals surface area contributed by atoms with Crippen molar-refractivity contribution in [1.82, 2.24) is 4.57 Å². The monoisotopic (exact) mass is 324 g/mol. The van der Waals surface area contributed by atoms with Crippen LogP contribution in [0.25, 0.3) is 10.9 Å². The van der Waals surface area contributed by atoms with E-state index in [1.54, 1.807) is 0 Å². The summed E-state index contributed by atoms with van der Waals surface area (Å²) >= 11 is 0. The molecule has 0 saturated carbocycles. The number of nitrogens with two attached hydrogens (primary N) is 1. The second kappa shape index (κ2) is 7.63. The SMILES string of the molecule is COC(=O)C(N)(CCC#N)Cc1cn(CCC#N)c2ccccc12. The largest absolute Gasteiger partial charge is 0.468 e. The van der Waals surface area contributed by atoms with E-state index in [9.17, 15) is 4.79 Å². The normalized spacial score (nSPS) is 13.0. The molecule has 24 heavy (non-hydrogen) atoms. The van der Waals surface area contributed by atoms with Gasteiger partial charge in [-0.15, -0.1) is 0 Å². The Kier molecular flexibility index (Phi) is 5.57. The molecule has 0 bridgehead atoms. The topological polar surface area (TPSA) is 105 Å². The van der Waals surface area contributed by atoms with Gasteiger partial charge in [0.1, 0.15) is 5.54 Å². The number of para-hydroxylation sites is 1. The summed E-state index contributed by atoms with van der Waals surface area (Å²) in [6.45, 7) is 0.574. The van der Waals surface area contributed by atoms with Crippen LogP contribution in [0.15, 0.2) is 30.5 Å². The van der Waals surface area contributed by atoms with Crippen LogP contribution in [0.2, 0.25) is 0 Å². The highest BCUT2D eigenvalue weighted by atomic mass is 16.5. The molecule has 1 heterocycles. The summed E-state index contributed by atoms with van der Waals surface area (Å²) in [5.74, 6) is -0.522. The van der Waals surface area contributed by atoms with E-state index in [1.807, 2.05) is 41.1 Å². The molecule has 2 aromatic rings. The van der Waals surface area contributed by atoms with E-state index in [-0.39, 0.29) is 19.3 Å². The minimum absolute atomic E-state index is 0.179. The minimum Gasteiger partial charge on any atom is -0.468 e. The summed E-state index contributed by atoms with van der Waals surface area (Å²) in [7, 11) is 1.30. The zero-order valence-electron chi connectivity index (χ0n) is 13.7. The fourth-order valence-corrected chi connectivity index (χ4v) is 2.90. The maximum atomic E-state index is 12.2. The number of esters is 1. The summed E-state index contributed by atoms with van der Waals surface area (Å²) in [6.07, 6.45) is 3.02. The molecule has 6 heteroatoms. The van der Waals surface area contributed by atoms with Gasteiger partial charge in [-0.1, -0.05) is 18.2 Å². The van der Waals surface area contributed by atoms with Gasteiger partial charge in [0.2, 0.25) is 0 Å². The van der Waals surface area contributed by atoms with E-state index in [4.69, 9.17) is 21.0 Å². The van der Waals surface area contributed by atoms with Crippen LogP contribution in [0, 0.1) is 22.7 Å². The molecule has 0 spiro atoms. The summed E-state index contributed by atoms with van der Waals surface area (Å²) in [5.41, 5.74) is 6.95. The van der Waals surface area contributed by atoms with Crippen molar-refractivity contribution in [3.63, 3.8) is 0 Å². The number of benzene rings is 1. The van der Waals surface area contributed by atoms with Gasteiger partial charge in [-0.2, -0.15) is 10.5 Å². The molecule has 1 aromatic heterocycles. The highest BCUT2D eigenvalue weighted by Gasteiger charge is 2.36. The van der Waals surface area contributed by atoms with Crippen LogP contribution in [-0.4, -0.2) is 23.2 Å². The van der Waals surface area contributed by atoms with Crippen molar-refractivity contribution >= 4 is 16.9 Å². The van der Waals surface area contributed by atoms with E-state index < -0.39 is 11.5 Å². The third-order valence-electron chi connectivity index (χ3n) is 4.12. The van der Waals surface area contributed by atoms with Crippen molar-refractivity contribution in [2.24, 2.45) is 5.73 Å². The first-order valence-electron chi connectivity index (χ1n) is 7.73. The van der Waals surface area contributed by atoms with Crippen molar-refractivity contribution in [1.29, 1.82) is 10.5 Å². The van der Waals surface area contributed by atoms with E-state index in [2.05, 4.69) is 6.07 Å². The zero-order valence-corrected chi connectivity index (χ0v) is 13.7. The number of hydrogen-bond donors (Lipinski definition) is 1. The van der Waals surface area contributed by atoms with Gasteiger partial charge < -0.3 is 15.0 Å². The van der Waals surface area contributed by atoms with Gasteiger partial charge in [-0.3, -0.25) is 4.79 Å². The Labute approximate surface area is 141 Å². The molecule has 0 fully saturated rings. The molecule has 0 radical (unpaired) electrons. The van der Waals surface area contributed by atoms with Crippen LogP contribution in [0.1, 0.15) is 24.8 Å². The lowest BCUT2D eigenvalue weighted by Gasteiger charge is -2.25. The second-order valence-corrected chi connectivity index (χ2v) is 5.76. The number of nitrogens with zero attached hydrogens (tertiary/aromatic N) is 3. The molecule has 1 aromatic carbocycles. The van der Waals surface area contributed by atoms with Gasteiger partial charge in [0.25, 0.3) is 0 Å². The molecule has 0 aliphatic heterocycles. The van der Waals surface area contributed by atoms with Crippen LogP contribution >= 0.6 is 0 Å². The number of hydrogen-bond acceptors (Lipinski definition) is 5. The molecule has 0 amide bonds. The van der Waals surface area contributed by atoms with Crippen molar-refractivity contribution in [3.05, 3.63) is 36.0 Å². The highest BCUT2D eigenvalue weighted by Crippen LogP contribution is 2.27. The number of methoxy groups -OCH3 is 1. The average Bonchev–Trinajstić information content (AvgIpc) is 2.95. The molecule has 2 rings (SSSR count). The fourth-order valence-electron chi connectivity index (χ4n) is 2.90. The van der Waals surface area contributed by atoms with Crippen molar-refractivity contribution in [2.45, 2.75) is 37.8 Å². The Morgan fingerprint density at radius 2 is 2.00 bits per heavy atom. The van der Waals surface area contributed by atoms with Gasteiger partial charge in [-0.25, -0.2) is 0 Å². The molecule has 1 unspecified atom stereocenters. The number of fused-ring (bicyclic) bond motifs is 1. The highest BCUT2D eigenvalue weighted by molar-refractivity contribution is 5.86. The summed E-state index contributed by atoms with van der Waals surface area (Å²) < 4.78 is 6.84. The number of aryl methyl sites for hydroxylation is 1. The third-order valence-corrected chi connectivity index (χ3v) is 4.12. The van der Waals surface area contributed by atoms with Crippen LogP contribution in [0.5, 0.6) is 0 Å². The number of carbonyl (C=O) groups excluding carboxylic acids is 1. The van der Waals surface area contributed by atoms with Crippen molar-refractivity contribution in [3.8, 4) is 12.1 Å². The van der Waals surface area contributed by atoms with E-state index in [1.165, 1.54) is 7.11 Å². The molecule has 2 N–H and O–H groups in total. The number of aromatic nitrogens is 1. The van der Waals surface area contributed by atoms with E-state index in [0.717, 1.165) is 16.5 Å². The van der Waals surface area contributed by atoms with E-state index in [0.29, 0.717) is 13.0 Å². The van der Waals surface area contributed by atoms with E-state index >= 15 is 0 Å². The van der Waals surface area contributed by atoms with Crippen LogP contribution in [0.3, 0.4) is 0 Å². The lowest BCUT2D eigenvalue weighted by atomic mass is 9.87. The number of rotatable bonds is 7. The van der Waals surface area contributed by atoms with Gasteiger partial charge in [0.15, 0.2) is 0 Å². The maximum Gasteiger partial charge on any atom is 0.326 e. The molecule has 6 nitrogen and oxygen atoms in total. The Balaban J connectivity index is 2.42. The van der Waals surface area contributed by atoms with Gasteiger partial charge >= 0.3 is 5.97 Å². The number of ether oxygens (including phenoxy) is 1. The molecule has 124 valence electrons. The Morgan fingerprint density at radius 3 is 2.67 bits per heavy atom. The second-order valence-electron chi connectivity index (χ2n) is 5.76. The first kappa shape index (κ1) is 17.5. The Hall–Kier alpha value is -2.83. The van der Waals surface area contributed by atoms with Gasteiger partial charge in [0.05, 0.1) is 25.7 Å². The number of nitriles is 2. The third kappa shape index (κ3) is 3.56. The molecular weight excluding hydrogens is 304 g/mol. The van der Waals surface area contributed by atoms with Crippen molar-refractivity contribution < 1.29 is 9.53 Å². The summed E-state index contributed by atoms with van der Waals surface area (Å²) in [4.78, 5) is 12.2. The zero-order chi connectivity index (χ0) is 17.6. The smallest absolute Gasteiger partial charge is 0.326 e. The molecule has 0 aliphatic carbocycles. The quantitative estimate of drug-likeness (QED) is 0.787. The lowest BCUT2D eigenvalue weighted by molar-refractivity contribution is -0.147.